The Kier molecular flexibility index (Phi) is 8.63. The Morgan fingerprint density at radius 2 is 1.90 bits per heavy atom. The molecular weight excluding hydrogens is 410 g/mol. The van der Waals surface area contributed by atoms with Crippen molar-refractivity contribution in [2.24, 2.45) is 5.92 Å². The number of rotatable bonds is 9. The van der Waals surface area contributed by atoms with Gasteiger partial charge in [-0.05, 0) is 55.8 Å². The Hall–Kier alpha value is -2.22. The number of carbonyl (C=O) groups excluding carboxylic acids is 2. The van der Waals surface area contributed by atoms with E-state index in [0.717, 1.165) is 31.5 Å². The van der Waals surface area contributed by atoms with E-state index in [4.69, 9.17) is 0 Å². The lowest BCUT2D eigenvalue weighted by Crippen LogP contribution is -2.50. The normalized spacial score (nSPS) is 17.1. The maximum atomic E-state index is 13.3. The van der Waals surface area contributed by atoms with Crippen LogP contribution in [-0.4, -0.2) is 72.1 Å². The lowest BCUT2D eigenvalue weighted by Gasteiger charge is -2.35. The predicted molar refractivity (Wildman–Crippen MR) is 124 cm³/mol. The third-order valence-electron chi connectivity index (χ3n) is 5.77. The molecule has 0 spiro atoms. The number of nitrogens with zero attached hydrogens (tertiary/aromatic N) is 2. The van der Waals surface area contributed by atoms with Gasteiger partial charge in [0.15, 0.2) is 0 Å². The van der Waals surface area contributed by atoms with E-state index in [0.29, 0.717) is 30.3 Å². The van der Waals surface area contributed by atoms with E-state index in [9.17, 15) is 14.7 Å². The van der Waals surface area contributed by atoms with Gasteiger partial charge < -0.3 is 20.2 Å². The molecule has 1 aliphatic rings. The highest BCUT2D eigenvalue weighted by Crippen LogP contribution is 2.19. The summed E-state index contributed by atoms with van der Waals surface area (Å²) in [5, 5.41) is 14.4. The van der Waals surface area contributed by atoms with Crippen LogP contribution >= 0.6 is 11.3 Å². The van der Waals surface area contributed by atoms with Crippen LogP contribution < -0.4 is 5.32 Å². The van der Waals surface area contributed by atoms with E-state index in [1.54, 1.807) is 11.0 Å². The summed E-state index contributed by atoms with van der Waals surface area (Å²) in [5.74, 6) is 0.175. The molecule has 1 fully saturated rings. The Morgan fingerprint density at radius 1 is 1.19 bits per heavy atom. The fourth-order valence-corrected chi connectivity index (χ4v) is 4.78. The third kappa shape index (κ3) is 7.16. The van der Waals surface area contributed by atoms with Crippen LogP contribution in [0.25, 0.3) is 0 Å². The zero-order valence-corrected chi connectivity index (χ0v) is 19.2. The van der Waals surface area contributed by atoms with Crippen LogP contribution in [0.4, 0.5) is 0 Å². The first-order chi connectivity index (χ1) is 14.9. The second kappa shape index (κ2) is 11.4. The standard InChI is InChI=1S/C24H33N3O3S/c1-18(28)16-27-12-10-20(11-13-27)17-26(2)24(30)21(15-19-7-4-3-5-8-19)25-23(29)22-9-6-14-31-22/h3-9,14,18,20-21,28H,10-13,15-17H2,1-2H3,(H,25,29)/t18-,21-/m1/s1. The summed E-state index contributed by atoms with van der Waals surface area (Å²) >= 11 is 1.37. The van der Waals surface area contributed by atoms with E-state index in [-0.39, 0.29) is 17.9 Å². The molecule has 7 heteroatoms. The van der Waals surface area contributed by atoms with Crippen molar-refractivity contribution in [3.8, 4) is 0 Å². The van der Waals surface area contributed by atoms with Gasteiger partial charge >= 0.3 is 0 Å². The van der Waals surface area contributed by atoms with Gasteiger partial charge in [0.25, 0.3) is 5.91 Å². The van der Waals surface area contributed by atoms with Gasteiger partial charge in [-0.3, -0.25) is 9.59 Å². The van der Waals surface area contributed by atoms with Gasteiger partial charge in [-0.1, -0.05) is 36.4 Å². The molecule has 0 aliphatic carbocycles. The summed E-state index contributed by atoms with van der Waals surface area (Å²) in [6.07, 6.45) is 2.17. The number of benzene rings is 1. The van der Waals surface area contributed by atoms with E-state index in [2.05, 4.69) is 10.2 Å². The molecule has 0 unspecified atom stereocenters. The average Bonchev–Trinajstić information content (AvgIpc) is 3.29. The summed E-state index contributed by atoms with van der Waals surface area (Å²) in [6, 6.07) is 12.8. The molecule has 6 nitrogen and oxygen atoms in total. The minimum atomic E-state index is -0.600. The number of hydrogen-bond donors (Lipinski definition) is 2. The molecule has 2 N–H and O–H groups in total. The second-order valence-corrected chi connectivity index (χ2v) is 9.45. The summed E-state index contributed by atoms with van der Waals surface area (Å²) in [4.78, 5) is 30.6. The number of aliphatic hydroxyl groups is 1. The lowest BCUT2D eigenvalue weighted by molar-refractivity contribution is -0.132. The molecule has 0 saturated carbocycles. The predicted octanol–water partition coefficient (Wildman–Crippen LogP) is 2.64. The molecule has 31 heavy (non-hydrogen) atoms. The van der Waals surface area contributed by atoms with E-state index in [1.165, 1.54) is 11.3 Å². The number of β-amino-alcohol motifs (C(OH)–C–C–N with tert-alkyl or cyclic N) is 1. The van der Waals surface area contributed by atoms with Crippen molar-refractivity contribution in [1.29, 1.82) is 0 Å². The number of piperidine rings is 1. The fourth-order valence-electron chi connectivity index (χ4n) is 4.16. The molecule has 1 aromatic carbocycles. The van der Waals surface area contributed by atoms with Gasteiger partial charge in [0.1, 0.15) is 6.04 Å². The van der Waals surface area contributed by atoms with Crippen molar-refractivity contribution in [2.75, 3.05) is 33.2 Å². The Morgan fingerprint density at radius 3 is 2.52 bits per heavy atom. The van der Waals surface area contributed by atoms with Gasteiger partial charge in [-0.15, -0.1) is 11.3 Å². The topological polar surface area (TPSA) is 72.9 Å². The zero-order valence-electron chi connectivity index (χ0n) is 18.4. The van der Waals surface area contributed by atoms with Crippen molar-refractivity contribution >= 4 is 23.2 Å². The van der Waals surface area contributed by atoms with Crippen molar-refractivity contribution in [3.05, 3.63) is 58.3 Å². The van der Waals surface area contributed by atoms with Crippen LogP contribution in [0.15, 0.2) is 47.8 Å². The zero-order chi connectivity index (χ0) is 22.2. The maximum absolute atomic E-state index is 13.3. The molecule has 1 saturated heterocycles. The third-order valence-corrected chi connectivity index (χ3v) is 6.64. The Labute approximate surface area is 188 Å². The SMILES string of the molecule is C[C@@H](O)CN1CCC(CN(C)C(=O)[C@@H](Cc2ccccc2)NC(=O)c2cccs2)CC1. The highest BCUT2D eigenvalue weighted by molar-refractivity contribution is 7.12. The molecule has 1 aromatic heterocycles. The Balaban J connectivity index is 1.61. The molecule has 3 rings (SSSR count). The van der Waals surface area contributed by atoms with Gasteiger partial charge in [-0.25, -0.2) is 0 Å². The van der Waals surface area contributed by atoms with Gasteiger partial charge in [0.2, 0.25) is 5.91 Å². The van der Waals surface area contributed by atoms with Crippen LogP contribution in [0.3, 0.4) is 0 Å². The average molecular weight is 444 g/mol. The molecule has 0 radical (unpaired) electrons. The number of amides is 2. The monoisotopic (exact) mass is 443 g/mol. The van der Waals surface area contributed by atoms with Gasteiger partial charge in [-0.2, -0.15) is 0 Å². The van der Waals surface area contributed by atoms with Crippen molar-refractivity contribution < 1.29 is 14.7 Å². The molecule has 168 valence electrons. The van der Waals surface area contributed by atoms with Crippen molar-refractivity contribution in [2.45, 2.75) is 38.3 Å². The molecule has 2 aromatic rings. The number of carbonyl (C=O) groups is 2. The van der Waals surface area contributed by atoms with Gasteiger partial charge in [0.05, 0.1) is 11.0 Å². The quantitative estimate of drug-likeness (QED) is 0.625. The summed E-state index contributed by atoms with van der Waals surface area (Å²) in [7, 11) is 1.83. The fraction of sp³-hybridized carbons (Fsp3) is 0.500. The minimum absolute atomic E-state index is 0.0554. The van der Waals surface area contributed by atoms with Crippen LogP contribution in [0.2, 0.25) is 0 Å². The molecule has 2 heterocycles. The van der Waals surface area contributed by atoms with Crippen LogP contribution in [0, 0.1) is 5.92 Å². The molecular formula is C24H33N3O3S. The van der Waals surface area contributed by atoms with E-state index < -0.39 is 6.04 Å². The molecule has 0 bridgehead atoms. The first-order valence-corrected chi connectivity index (χ1v) is 11.8. The van der Waals surface area contributed by atoms with Crippen LogP contribution in [0.1, 0.15) is 35.0 Å². The van der Waals surface area contributed by atoms with Crippen molar-refractivity contribution in [3.63, 3.8) is 0 Å². The largest absolute Gasteiger partial charge is 0.392 e. The summed E-state index contributed by atoms with van der Waals surface area (Å²) in [5.41, 5.74) is 1.02. The van der Waals surface area contributed by atoms with Crippen molar-refractivity contribution in [1.82, 2.24) is 15.1 Å². The number of likely N-dealkylation sites (N-methyl/N-ethyl adjacent to an activating group) is 1. The highest BCUT2D eigenvalue weighted by atomic mass is 32.1. The van der Waals surface area contributed by atoms with E-state index in [1.807, 2.05) is 55.7 Å². The maximum Gasteiger partial charge on any atom is 0.262 e. The highest BCUT2D eigenvalue weighted by Gasteiger charge is 2.28. The summed E-state index contributed by atoms with van der Waals surface area (Å²) in [6.45, 7) is 5.09. The second-order valence-electron chi connectivity index (χ2n) is 8.50. The number of hydrogen-bond acceptors (Lipinski definition) is 5. The number of nitrogens with one attached hydrogen (secondary N) is 1. The van der Waals surface area contributed by atoms with Gasteiger partial charge in [0, 0.05) is 26.6 Å². The molecule has 2 atom stereocenters. The minimum Gasteiger partial charge on any atom is -0.392 e. The lowest BCUT2D eigenvalue weighted by atomic mass is 9.95. The Bertz CT molecular complexity index is 818. The number of likely N-dealkylation sites (tertiary alicyclic amines) is 1. The number of thiophene rings is 1. The smallest absolute Gasteiger partial charge is 0.262 e. The number of aliphatic hydroxyl groups excluding tert-OH is 1. The van der Waals surface area contributed by atoms with Crippen LogP contribution in [-0.2, 0) is 11.2 Å². The first-order valence-electron chi connectivity index (χ1n) is 11.0. The first kappa shape index (κ1) is 23.4. The molecule has 1 aliphatic heterocycles. The summed E-state index contributed by atoms with van der Waals surface area (Å²) < 4.78 is 0. The van der Waals surface area contributed by atoms with E-state index >= 15 is 0 Å². The van der Waals surface area contributed by atoms with Crippen LogP contribution in [0.5, 0.6) is 0 Å². The molecule has 2 amide bonds.